The van der Waals surface area contributed by atoms with Gasteiger partial charge in [0.25, 0.3) is 0 Å². The fourth-order valence-electron chi connectivity index (χ4n) is 3.02. The van der Waals surface area contributed by atoms with Crippen molar-refractivity contribution in [1.82, 2.24) is 4.90 Å². The van der Waals surface area contributed by atoms with Gasteiger partial charge in [-0.15, -0.1) is 0 Å². The van der Waals surface area contributed by atoms with Crippen molar-refractivity contribution in [2.24, 2.45) is 11.7 Å². The molecule has 25 heavy (non-hydrogen) atoms. The highest BCUT2D eigenvalue weighted by Gasteiger charge is 2.34. The van der Waals surface area contributed by atoms with Gasteiger partial charge in [0.1, 0.15) is 18.5 Å². The predicted octanol–water partition coefficient (Wildman–Crippen LogP) is 2.03. The number of hydrogen-bond acceptors (Lipinski definition) is 4. The maximum atomic E-state index is 12.9. The lowest BCUT2D eigenvalue weighted by Gasteiger charge is -2.24. The van der Waals surface area contributed by atoms with E-state index in [-0.39, 0.29) is 36.8 Å². The molecular formula is C17H23F3N2O3. The number of carbonyl (C=O) groups is 1. The van der Waals surface area contributed by atoms with Crippen LogP contribution in [0.2, 0.25) is 0 Å². The zero-order valence-corrected chi connectivity index (χ0v) is 14.0. The number of ether oxygens (including phenoxy) is 1. The predicted molar refractivity (Wildman–Crippen MR) is 85.9 cm³/mol. The van der Waals surface area contributed by atoms with Crippen LogP contribution in [0, 0.1) is 5.92 Å². The van der Waals surface area contributed by atoms with Crippen LogP contribution in [0.4, 0.5) is 13.2 Å². The summed E-state index contributed by atoms with van der Waals surface area (Å²) in [5.74, 6) is -0.605. The number of aliphatic hydroxyl groups is 1. The number of nitrogens with two attached hydrogens (primary N) is 1. The number of benzene rings is 1. The van der Waals surface area contributed by atoms with Gasteiger partial charge in [-0.3, -0.25) is 4.79 Å². The molecule has 1 aromatic rings. The summed E-state index contributed by atoms with van der Waals surface area (Å²) in [6, 6.07) is 4.83. The maximum Gasteiger partial charge on any atom is 0.419 e. The Morgan fingerprint density at radius 3 is 2.68 bits per heavy atom. The fraction of sp³-hybridized carbons (Fsp3) is 0.588. The number of nitrogens with zero attached hydrogens (tertiary/aromatic N) is 1. The second kappa shape index (κ2) is 8.05. The van der Waals surface area contributed by atoms with Crippen molar-refractivity contribution in [1.29, 1.82) is 0 Å². The Morgan fingerprint density at radius 2 is 2.08 bits per heavy atom. The van der Waals surface area contributed by atoms with Crippen LogP contribution in [-0.2, 0) is 11.0 Å². The first-order valence-electron chi connectivity index (χ1n) is 8.16. The Morgan fingerprint density at radius 1 is 1.40 bits per heavy atom. The van der Waals surface area contributed by atoms with Crippen LogP contribution in [0.5, 0.6) is 5.75 Å². The fourth-order valence-corrected chi connectivity index (χ4v) is 3.02. The van der Waals surface area contributed by atoms with Gasteiger partial charge in [0, 0.05) is 25.6 Å². The third kappa shape index (κ3) is 5.34. The van der Waals surface area contributed by atoms with Crippen molar-refractivity contribution in [2.45, 2.75) is 37.6 Å². The molecule has 5 nitrogen and oxygen atoms in total. The van der Waals surface area contributed by atoms with E-state index in [1.54, 1.807) is 7.05 Å². The van der Waals surface area contributed by atoms with Crippen molar-refractivity contribution in [2.75, 3.05) is 20.2 Å². The molecule has 0 saturated heterocycles. The molecule has 0 radical (unpaired) electrons. The van der Waals surface area contributed by atoms with Crippen molar-refractivity contribution in [3.8, 4) is 5.75 Å². The molecule has 0 unspecified atom stereocenters. The van der Waals surface area contributed by atoms with E-state index in [0.29, 0.717) is 6.42 Å². The SMILES string of the molecule is CN(C[C@H](O)COc1ccccc1C(F)(F)F)C(=O)[C@@H]1CC[C@@H](N)C1. The van der Waals surface area contributed by atoms with Crippen molar-refractivity contribution in [3.63, 3.8) is 0 Å². The lowest BCUT2D eigenvalue weighted by Crippen LogP contribution is -2.40. The minimum atomic E-state index is -4.53. The Balaban J connectivity index is 1.87. The topological polar surface area (TPSA) is 75.8 Å². The second-order valence-electron chi connectivity index (χ2n) is 6.45. The molecule has 0 aromatic heterocycles. The quantitative estimate of drug-likeness (QED) is 0.814. The molecule has 1 aliphatic carbocycles. The number of hydrogen-bond donors (Lipinski definition) is 2. The molecule has 0 spiro atoms. The summed E-state index contributed by atoms with van der Waals surface area (Å²) in [6.07, 6.45) is -3.49. The van der Waals surface area contributed by atoms with E-state index >= 15 is 0 Å². The molecule has 0 heterocycles. The molecule has 3 atom stereocenters. The average Bonchev–Trinajstić information content (AvgIpc) is 2.98. The molecule has 1 amide bonds. The number of halogens is 3. The van der Waals surface area contributed by atoms with Gasteiger partial charge in [-0.25, -0.2) is 0 Å². The van der Waals surface area contributed by atoms with Crippen LogP contribution in [-0.4, -0.2) is 48.3 Å². The van der Waals surface area contributed by atoms with Crippen molar-refractivity contribution >= 4 is 5.91 Å². The number of rotatable bonds is 6. The smallest absolute Gasteiger partial charge is 0.419 e. The molecule has 0 bridgehead atoms. The van der Waals surface area contributed by atoms with Gasteiger partial charge < -0.3 is 20.5 Å². The van der Waals surface area contributed by atoms with Gasteiger partial charge in [-0.2, -0.15) is 13.2 Å². The highest BCUT2D eigenvalue weighted by Crippen LogP contribution is 2.35. The minimum absolute atomic E-state index is 0.0151. The lowest BCUT2D eigenvalue weighted by molar-refractivity contribution is -0.139. The van der Waals surface area contributed by atoms with E-state index in [4.69, 9.17) is 10.5 Å². The van der Waals surface area contributed by atoms with E-state index in [1.165, 1.54) is 23.1 Å². The molecule has 0 aliphatic heterocycles. The summed E-state index contributed by atoms with van der Waals surface area (Å²) in [5.41, 5.74) is 4.90. The van der Waals surface area contributed by atoms with E-state index in [2.05, 4.69) is 0 Å². The molecule has 1 aromatic carbocycles. The monoisotopic (exact) mass is 360 g/mol. The van der Waals surface area contributed by atoms with Gasteiger partial charge in [-0.05, 0) is 31.4 Å². The molecular weight excluding hydrogens is 337 g/mol. The highest BCUT2D eigenvalue weighted by atomic mass is 19.4. The van der Waals surface area contributed by atoms with Crippen LogP contribution in [0.3, 0.4) is 0 Å². The van der Waals surface area contributed by atoms with Crippen LogP contribution in [0.15, 0.2) is 24.3 Å². The van der Waals surface area contributed by atoms with Crippen LogP contribution in [0.1, 0.15) is 24.8 Å². The summed E-state index contributed by atoms with van der Waals surface area (Å²) in [6.45, 7) is -0.354. The van der Waals surface area contributed by atoms with Crippen molar-refractivity contribution < 1.29 is 27.8 Å². The summed E-state index contributed by atoms with van der Waals surface area (Å²) < 4.78 is 43.8. The summed E-state index contributed by atoms with van der Waals surface area (Å²) in [5, 5.41) is 9.99. The Bertz CT molecular complexity index is 595. The normalized spacial score (nSPS) is 21.8. The third-order valence-corrected chi connectivity index (χ3v) is 4.31. The number of para-hydroxylation sites is 1. The second-order valence-corrected chi connectivity index (χ2v) is 6.45. The average molecular weight is 360 g/mol. The molecule has 140 valence electrons. The first-order valence-corrected chi connectivity index (χ1v) is 8.16. The Labute approximate surface area is 144 Å². The van der Waals surface area contributed by atoms with Gasteiger partial charge in [-0.1, -0.05) is 12.1 Å². The van der Waals surface area contributed by atoms with Crippen LogP contribution < -0.4 is 10.5 Å². The Hall–Kier alpha value is -1.80. The Kier molecular flexibility index (Phi) is 6.29. The number of likely N-dealkylation sites (N-methyl/N-ethyl adjacent to an activating group) is 1. The maximum absolute atomic E-state index is 12.9. The zero-order chi connectivity index (χ0) is 18.6. The first kappa shape index (κ1) is 19.5. The van der Waals surface area contributed by atoms with Crippen LogP contribution in [0.25, 0.3) is 0 Å². The number of alkyl halides is 3. The van der Waals surface area contributed by atoms with Gasteiger partial charge in [0.2, 0.25) is 5.91 Å². The van der Waals surface area contributed by atoms with Crippen molar-refractivity contribution in [3.05, 3.63) is 29.8 Å². The van der Waals surface area contributed by atoms with E-state index in [0.717, 1.165) is 18.9 Å². The standard InChI is InChI=1S/C17H23F3N2O3/c1-22(16(24)11-6-7-12(21)8-11)9-13(23)10-25-15-5-3-2-4-14(15)17(18,19)20/h2-5,11-13,23H,6-10,21H2,1H3/t11-,12-,13+/m1/s1. The number of carbonyl (C=O) groups excluding carboxylic acids is 1. The number of aliphatic hydroxyl groups excluding tert-OH is 1. The molecule has 3 N–H and O–H groups in total. The third-order valence-electron chi connectivity index (χ3n) is 4.31. The molecule has 1 aliphatic rings. The summed E-state index contributed by atoms with van der Waals surface area (Å²) in [4.78, 5) is 13.6. The molecule has 1 saturated carbocycles. The van der Waals surface area contributed by atoms with E-state index < -0.39 is 17.8 Å². The zero-order valence-electron chi connectivity index (χ0n) is 14.0. The lowest BCUT2D eigenvalue weighted by atomic mass is 10.1. The molecule has 8 heteroatoms. The van der Waals surface area contributed by atoms with Crippen LogP contribution >= 0.6 is 0 Å². The van der Waals surface area contributed by atoms with E-state index in [1.807, 2.05) is 0 Å². The van der Waals surface area contributed by atoms with Gasteiger partial charge in [0.15, 0.2) is 0 Å². The molecule has 2 rings (SSSR count). The largest absolute Gasteiger partial charge is 0.490 e. The van der Waals surface area contributed by atoms with E-state index in [9.17, 15) is 23.1 Å². The van der Waals surface area contributed by atoms with Gasteiger partial charge in [0.05, 0.1) is 5.56 Å². The summed E-state index contributed by atoms with van der Waals surface area (Å²) >= 11 is 0. The number of amides is 1. The summed E-state index contributed by atoms with van der Waals surface area (Å²) in [7, 11) is 1.55. The first-order chi connectivity index (χ1) is 11.7. The highest BCUT2D eigenvalue weighted by molar-refractivity contribution is 5.79. The minimum Gasteiger partial charge on any atom is -0.490 e. The molecule has 1 fully saturated rings. The van der Waals surface area contributed by atoms with Gasteiger partial charge >= 0.3 is 6.18 Å².